The molecule has 0 saturated carbocycles. The van der Waals surface area contributed by atoms with E-state index in [1.54, 1.807) is 11.8 Å². The van der Waals surface area contributed by atoms with E-state index < -0.39 is 0 Å². The molecule has 2 N–H and O–H groups in total. The van der Waals surface area contributed by atoms with E-state index in [0.29, 0.717) is 25.4 Å². The summed E-state index contributed by atoms with van der Waals surface area (Å²) in [5.74, 6) is -0.0982. The number of amides is 2. The summed E-state index contributed by atoms with van der Waals surface area (Å²) in [6.07, 6.45) is 5.41. The number of ether oxygens (including phenoxy) is 1. The van der Waals surface area contributed by atoms with Crippen molar-refractivity contribution >= 4 is 12.0 Å². The fourth-order valence-electron chi connectivity index (χ4n) is 3.34. The number of fused-ring (bicyclic) bond motifs is 1. The summed E-state index contributed by atoms with van der Waals surface area (Å²) in [6.45, 7) is 3.42. The van der Waals surface area contributed by atoms with Crippen molar-refractivity contribution in [2.75, 3.05) is 19.7 Å². The molecule has 1 saturated heterocycles. The van der Waals surface area contributed by atoms with Crippen molar-refractivity contribution in [3.05, 3.63) is 17.0 Å². The van der Waals surface area contributed by atoms with Crippen LogP contribution >= 0.6 is 0 Å². The second-order valence-electron chi connectivity index (χ2n) is 6.17. The first-order valence-corrected chi connectivity index (χ1v) is 8.47. The number of carbonyl (C=O) groups excluding carboxylic acids is 2. The van der Waals surface area contributed by atoms with Gasteiger partial charge >= 0.3 is 6.09 Å². The van der Waals surface area contributed by atoms with Gasteiger partial charge in [-0.1, -0.05) is 0 Å². The van der Waals surface area contributed by atoms with Crippen LogP contribution in [0.15, 0.2) is 0 Å². The molecule has 3 rings (SSSR count). The van der Waals surface area contributed by atoms with Gasteiger partial charge in [0.15, 0.2) is 5.69 Å². The first-order chi connectivity index (χ1) is 11.2. The summed E-state index contributed by atoms with van der Waals surface area (Å²) in [4.78, 5) is 25.8. The highest BCUT2D eigenvalue weighted by atomic mass is 16.6. The zero-order chi connectivity index (χ0) is 16.2. The molecular formula is C16H24N4O3. The summed E-state index contributed by atoms with van der Waals surface area (Å²) >= 11 is 0. The number of likely N-dealkylation sites (tertiary alicyclic amines) is 1. The van der Waals surface area contributed by atoms with Crippen LogP contribution in [0.5, 0.6) is 0 Å². The molecule has 1 fully saturated rings. The molecule has 1 aliphatic heterocycles. The van der Waals surface area contributed by atoms with Crippen molar-refractivity contribution in [3.8, 4) is 0 Å². The van der Waals surface area contributed by atoms with Gasteiger partial charge in [0.1, 0.15) is 0 Å². The van der Waals surface area contributed by atoms with E-state index in [4.69, 9.17) is 4.74 Å². The maximum absolute atomic E-state index is 12.5. The number of aromatic nitrogens is 2. The second kappa shape index (κ2) is 7.02. The molecule has 0 spiro atoms. The fraction of sp³-hybridized carbons (Fsp3) is 0.688. The minimum absolute atomic E-state index is 0.0871. The van der Waals surface area contributed by atoms with Crippen molar-refractivity contribution < 1.29 is 14.3 Å². The Balaban J connectivity index is 1.54. The van der Waals surface area contributed by atoms with Gasteiger partial charge in [0.2, 0.25) is 0 Å². The Morgan fingerprint density at radius 1 is 1.30 bits per heavy atom. The second-order valence-corrected chi connectivity index (χ2v) is 6.17. The Kier molecular flexibility index (Phi) is 4.83. The Morgan fingerprint density at radius 3 is 2.78 bits per heavy atom. The summed E-state index contributed by atoms with van der Waals surface area (Å²) in [5, 5.41) is 10.3. The Bertz CT molecular complexity index is 576. The maximum atomic E-state index is 12.5. The van der Waals surface area contributed by atoms with Crippen LogP contribution in [0.25, 0.3) is 0 Å². The van der Waals surface area contributed by atoms with Gasteiger partial charge in [-0.05, 0) is 45.4 Å². The minimum atomic E-state index is -0.265. The van der Waals surface area contributed by atoms with E-state index in [2.05, 4.69) is 15.5 Å². The lowest BCUT2D eigenvalue weighted by Crippen LogP contribution is -2.46. The molecule has 126 valence electrons. The largest absolute Gasteiger partial charge is 0.450 e. The molecule has 1 aromatic rings. The van der Waals surface area contributed by atoms with Crippen LogP contribution in [0, 0.1) is 0 Å². The lowest BCUT2D eigenvalue weighted by atomic mass is 9.95. The van der Waals surface area contributed by atoms with Crippen LogP contribution < -0.4 is 5.32 Å². The van der Waals surface area contributed by atoms with Crippen LogP contribution in [-0.2, 0) is 17.6 Å². The van der Waals surface area contributed by atoms with Gasteiger partial charge in [0.25, 0.3) is 5.91 Å². The van der Waals surface area contributed by atoms with Crippen LogP contribution in [0.4, 0.5) is 4.79 Å². The van der Waals surface area contributed by atoms with Crippen LogP contribution in [0.2, 0.25) is 0 Å². The number of hydrogen-bond acceptors (Lipinski definition) is 4. The third-order valence-corrected chi connectivity index (χ3v) is 4.63. The number of nitrogens with zero attached hydrogens (tertiary/aromatic N) is 2. The lowest BCUT2D eigenvalue weighted by molar-refractivity contribution is 0.0856. The molecule has 7 nitrogen and oxygen atoms in total. The van der Waals surface area contributed by atoms with Gasteiger partial charge in [0, 0.05) is 30.4 Å². The molecule has 0 unspecified atom stereocenters. The van der Waals surface area contributed by atoms with Crippen molar-refractivity contribution in [3.63, 3.8) is 0 Å². The molecular weight excluding hydrogens is 296 g/mol. The van der Waals surface area contributed by atoms with E-state index in [9.17, 15) is 9.59 Å². The molecule has 1 aromatic heterocycles. The monoisotopic (exact) mass is 320 g/mol. The number of carbonyl (C=O) groups is 2. The zero-order valence-corrected chi connectivity index (χ0v) is 13.6. The van der Waals surface area contributed by atoms with Gasteiger partial charge in [-0.25, -0.2) is 4.79 Å². The summed E-state index contributed by atoms with van der Waals surface area (Å²) in [7, 11) is 0. The van der Waals surface area contributed by atoms with E-state index in [1.165, 1.54) is 0 Å². The quantitative estimate of drug-likeness (QED) is 0.886. The zero-order valence-electron chi connectivity index (χ0n) is 13.6. The predicted molar refractivity (Wildman–Crippen MR) is 84.3 cm³/mol. The van der Waals surface area contributed by atoms with Gasteiger partial charge in [-0.3, -0.25) is 9.89 Å². The number of aryl methyl sites for hydroxylation is 1. The van der Waals surface area contributed by atoms with Gasteiger partial charge in [0.05, 0.1) is 6.61 Å². The minimum Gasteiger partial charge on any atom is -0.450 e. The number of rotatable bonds is 3. The van der Waals surface area contributed by atoms with Gasteiger partial charge in [-0.2, -0.15) is 5.10 Å². The van der Waals surface area contributed by atoms with E-state index in [1.807, 2.05) is 0 Å². The van der Waals surface area contributed by atoms with Crippen LogP contribution in [0.1, 0.15) is 54.4 Å². The number of H-pyrrole nitrogens is 1. The third-order valence-electron chi connectivity index (χ3n) is 4.63. The lowest BCUT2D eigenvalue weighted by Gasteiger charge is -2.31. The smallest absolute Gasteiger partial charge is 0.409 e. The molecule has 7 heteroatoms. The SMILES string of the molecule is CCOC(=O)N1CCC(NC(=O)c2n[nH]c3c2CCCC3)CC1. The average molecular weight is 320 g/mol. The van der Waals surface area contributed by atoms with E-state index in [0.717, 1.165) is 49.8 Å². The molecule has 0 radical (unpaired) electrons. The molecule has 23 heavy (non-hydrogen) atoms. The van der Waals surface area contributed by atoms with Crippen LogP contribution in [-0.4, -0.2) is 52.8 Å². The van der Waals surface area contributed by atoms with Crippen molar-refractivity contribution in [1.82, 2.24) is 20.4 Å². The van der Waals surface area contributed by atoms with Crippen molar-refractivity contribution in [2.24, 2.45) is 0 Å². The highest BCUT2D eigenvalue weighted by Gasteiger charge is 2.27. The number of aromatic amines is 1. The Hall–Kier alpha value is -2.05. The summed E-state index contributed by atoms with van der Waals surface area (Å²) in [5.41, 5.74) is 2.74. The number of hydrogen-bond donors (Lipinski definition) is 2. The molecule has 2 heterocycles. The molecule has 0 bridgehead atoms. The fourth-order valence-corrected chi connectivity index (χ4v) is 3.34. The molecule has 0 aromatic carbocycles. The topological polar surface area (TPSA) is 87.3 Å². The highest BCUT2D eigenvalue weighted by Crippen LogP contribution is 2.22. The molecule has 1 aliphatic carbocycles. The standard InChI is InChI=1S/C16H24N4O3/c1-2-23-16(22)20-9-7-11(8-10-20)17-15(21)14-12-5-3-4-6-13(12)18-19-14/h11H,2-10H2,1H3,(H,17,21)(H,18,19). The highest BCUT2D eigenvalue weighted by molar-refractivity contribution is 5.94. The van der Waals surface area contributed by atoms with E-state index >= 15 is 0 Å². The normalized spacial score (nSPS) is 18.4. The molecule has 0 atom stereocenters. The Morgan fingerprint density at radius 2 is 2.04 bits per heavy atom. The first-order valence-electron chi connectivity index (χ1n) is 8.47. The molecule has 2 amide bonds. The first kappa shape index (κ1) is 15.8. The summed E-state index contributed by atoms with van der Waals surface area (Å²) < 4.78 is 5.00. The van der Waals surface area contributed by atoms with Gasteiger partial charge in [-0.15, -0.1) is 0 Å². The van der Waals surface area contributed by atoms with Crippen LogP contribution in [0.3, 0.4) is 0 Å². The third kappa shape index (κ3) is 3.48. The van der Waals surface area contributed by atoms with Crippen molar-refractivity contribution in [2.45, 2.75) is 51.5 Å². The predicted octanol–water partition coefficient (Wildman–Crippen LogP) is 1.64. The average Bonchev–Trinajstić information content (AvgIpc) is 3.00. The number of piperidine rings is 1. The summed E-state index contributed by atoms with van der Waals surface area (Å²) in [6, 6.07) is 0.0871. The number of nitrogens with one attached hydrogen (secondary N) is 2. The van der Waals surface area contributed by atoms with Crippen molar-refractivity contribution in [1.29, 1.82) is 0 Å². The Labute approximate surface area is 135 Å². The maximum Gasteiger partial charge on any atom is 0.409 e. The van der Waals surface area contributed by atoms with Gasteiger partial charge < -0.3 is 15.0 Å². The molecule has 2 aliphatic rings. The van der Waals surface area contributed by atoms with E-state index in [-0.39, 0.29) is 18.0 Å².